The van der Waals surface area contributed by atoms with Gasteiger partial charge in [0.1, 0.15) is 11.6 Å². The number of hydrogen-bond acceptors (Lipinski definition) is 3. The van der Waals surface area contributed by atoms with Crippen molar-refractivity contribution in [2.75, 3.05) is 12.4 Å². The van der Waals surface area contributed by atoms with E-state index in [-0.39, 0.29) is 11.8 Å². The fourth-order valence-electron chi connectivity index (χ4n) is 3.52. The van der Waals surface area contributed by atoms with Crippen LogP contribution in [0.15, 0.2) is 54.6 Å². The van der Waals surface area contributed by atoms with E-state index in [9.17, 15) is 4.79 Å². The summed E-state index contributed by atoms with van der Waals surface area (Å²) in [5, 5.41) is 7.70. The van der Waals surface area contributed by atoms with Gasteiger partial charge in [-0.3, -0.25) is 4.79 Å². The smallest absolute Gasteiger partial charge is 0.226 e. The molecule has 5 heteroatoms. The van der Waals surface area contributed by atoms with Gasteiger partial charge in [0.25, 0.3) is 0 Å². The molecule has 1 aliphatic rings. The maximum absolute atomic E-state index is 12.4. The average Bonchev–Trinajstić information content (AvgIpc) is 2.98. The Morgan fingerprint density at radius 3 is 2.60 bits per heavy atom. The molecular formula is C20H19N3O2. The van der Waals surface area contributed by atoms with Crippen LogP contribution in [0.2, 0.25) is 0 Å². The van der Waals surface area contributed by atoms with Crippen LogP contribution in [0.4, 0.5) is 5.82 Å². The van der Waals surface area contributed by atoms with E-state index in [0.717, 1.165) is 34.1 Å². The summed E-state index contributed by atoms with van der Waals surface area (Å²) in [5.41, 5.74) is 3.90. The van der Waals surface area contributed by atoms with Gasteiger partial charge >= 0.3 is 0 Å². The number of benzene rings is 2. The molecule has 1 aromatic heterocycles. The third kappa shape index (κ3) is 2.58. The Kier molecular flexibility index (Phi) is 3.76. The number of rotatable bonds is 3. The molecule has 0 bridgehead atoms. The number of methoxy groups -OCH3 is 1. The highest BCUT2D eigenvalue weighted by Gasteiger charge is 2.33. The first kappa shape index (κ1) is 15.4. The normalized spacial score (nSPS) is 16.2. The van der Waals surface area contributed by atoms with Crippen molar-refractivity contribution in [3.8, 4) is 11.4 Å². The number of nitrogens with zero attached hydrogens (tertiary/aromatic N) is 2. The largest absolute Gasteiger partial charge is 0.496 e. The van der Waals surface area contributed by atoms with E-state index >= 15 is 0 Å². The first-order valence-electron chi connectivity index (χ1n) is 8.26. The van der Waals surface area contributed by atoms with Crippen molar-refractivity contribution in [1.29, 1.82) is 0 Å². The molecule has 25 heavy (non-hydrogen) atoms. The summed E-state index contributed by atoms with van der Waals surface area (Å²) in [7, 11) is 1.66. The van der Waals surface area contributed by atoms with Crippen LogP contribution >= 0.6 is 0 Å². The van der Waals surface area contributed by atoms with Gasteiger partial charge < -0.3 is 10.1 Å². The lowest BCUT2D eigenvalue weighted by molar-refractivity contribution is -0.116. The zero-order valence-electron chi connectivity index (χ0n) is 14.2. The number of hydrogen-bond donors (Lipinski definition) is 1. The first-order chi connectivity index (χ1) is 12.2. The summed E-state index contributed by atoms with van der Waals surface area (Å²) < 4.78 is 7.33. The predicted molar refractivity (Wildman–Crippen MR) is 96.4 cm³/mol. The van der Waals surface area contributed by atoms with Crippen LogP contribution in [0.5, 0.6) is 5.75 Å². The van der Waals surface area contributed by atoms with Gasteiger partial charge in [-0.05, 0) is 25.1 Å². The molecule has 0 fully saturated rings. The second kappa shape index (κ2) is 6.09. The number of carbonyl (C=O) groups excluding carboxylic acids is 1. The fraction of sp³-hybridized carbons (Fsp3) is 0.200. The van der Waals surface area contributed by atoms with E-state index in [1.54, 1.807) is 7.11 Å². The van der Waals surface area contributed by atoms with Gasteiger partial charge in [0.05, 0.1) is 18.5 Å². The number of carbonyl (C=O) groups is 1. The van der Waals surface area contributed by atoms with Gasteiger partial charge in [-0.15, -0.1) is 0 Å². The summed E-state index contributed by atoms with van der Waals surface area (Å²) >= 11 is 0. The van der Waals surface area contributed by atoms with Gasteiger partial charge in [0.15, 0.2) is 0 Å². The van der Waals surface area contributed by atoms with E-state index < -0.39 is 0 Å². The Labute approximate surface area is 146 Å². The van der Waals surface area contributed by atoms with Gasteiger partial charge in [0, 0.05) is 23.5 Å². The summed E-state index contributed by atoms with van der Waals surface area (Å²) in [4.78, 5) is 12.4. The number of ether oxygens (including phenoxy) is 1. The Morgan fingerprint density at radius 2 is 1.84 bits per heavy atom. The number of para-hydroxylation sites is 2. The van der Waals surface area contributed by atoms with Crippen LogP contribution in [-0.4, -0.2) is 22.8 Å². The zero-order valence-corrected chi connectivity index (χ0v) is 14.2. The third-order valence-corrected chi connectivity index (χ3v) is 4.62. The van der Waals surface area contributed by atoms with Gasteiger partial charge in [-0.1, -0.05) is 36.4 Å². The second-order valence-electron chi connectivity index (χ2n) is 6.14. The molecule has 4 rings (SSSR count). The second-order valence-corrected chi connectivity index (χ2v) is 6.14. The Bertz CT molecular complexity index is 931. The number of aromatic nitrogens is 2. The summed E-state index contributed by atoms with van der Waals surface area (Å²) in [6.45, 7) is 1.98. The van der Waals surface area contributed by atoms with Gasteiger partial charge in [0.2, 0.25) is 5.91 Å². The van der Waals surface area contributed by atoms with Crippen LogP contribution in [0.3, 0.4) is 0 Å². The van der Waals surface area contributed by atoms with Gasteiger partial charge in [-0.25, -0.2) is 4.68 Å². The first-order valence-corrected chi connectivity index (χ1v) is 8.26. The van der Waals surface area contributed by atoms with Crippen LogP contribution in [0.25, 0.3) is 5.69 Å². The standard InChI is InChI=1S/C20H19N3O2/c1-13-19-16(15-10-6-7-11-17(15)25-2)12-18(24)21-20(19)23(22-13)14-8-4-3-5-9-14/h3-11,16H,12H2,1-2H3,(H,21,24)/t16-/m1/s1. The maximum atomic E-state index is 12.4. The molecule has 1 atom stereocenters. The average molecular weight is 333 g/mol. The molecule has 1 aliphatic heterocycles. The molecule has 2 aromatic carbocycles. The molecule has 1 amide bonds. The number of fused-ring (bicyclic) bond motifs is 1. The van der Waals surface area contributed by atoms with Crippen molar-refractivity contribution in [3.63, 3.8) is 0 Å². The number of anilines is 1. The van der Waals surface area contributed by atoms with Crippen molar-refractivity contribution in [1.82, 2.24) is 9.78 Å². The van der Waals surface area contributed by atoms with E-state index in [1.165, 1.54) is 0 Å². The molecule has 0 unspecified atom stereocenters. The fourth-order valence-corrected chi connectivity index (χ4v) is 3.52. The van der Waals surface area contributed by atoms with Crippen molar-refractivity contribution in [2.24, 2.45) is 0 Å². The highest BCUT2D eigenvalue weighted by molar-refractivity contribution is 5.95. The van der Waals surface area contributed by atoms with Crippen molar-refractivity contribution in [3.05, 3.63) is 71.4 Å². The van der Waals surface area contributed by atoms with Crippen molar-refractivity contribution in [2.45, 2.75) is 19.3 Å². The third-order valence-electron chi connectivity index (χ3n) is 4.62. The number of aryl methyl sites for hydroxylation is 1. The van der Waals surface area contributed by atoms with E-state index in [0.29, 0.717) is 6.42 Å². The van der Waals surface area contributed by atoms with Crippen molar-refractivity contribution < 1.29 is 9.53 Å². The highest BCUT2D eigenvalue weighted by atomic mass is 16.5. The minimum Gasteiger partial charge on any atom is -0.496 e. The number of nitrogens with one attached hydrogen (secondary N) is 1. The Hall–Kier alpha value is -3.08. The highest BCUT2D eigenvalue weighted by Crippen LogP contribution is 2.42. The van der Waals surface area contributed by atoms with Gasteiger partial charge in [-0.2, -0.15) is 5.10 Å². The molecule has 5 nitrogen and oxygen atoms in total. The molecule has 1 N–H and O–H groups in total. The van der Waals surface area contributed by atoms with Crippen LogP contribution < -0.4 is 10.1 Å². The molecule has 0 aliphatic carbocycles. The Balaban J connectivity index is 1.90. The summed E-state index contributed by atoms with van der Waals surface area (Å²) in [6, 6.07) is 17.7. The molecule has 0 saturated heterocycles. The minimum atomic E-state index is -0.0719. The summed E-state index contributed by atoms with van der Waals surface area (Å²) in [6.07, 6.45) is 0.384. The zero-order chi connectivity index (χ0) is 17.4. The summed E-state index contributed by atoms with van der Waals surface area (Å²) in [5.74, 6) is 1.45. The molecule has 3 aromatic rings. The monoisotopic (exact) mass is 333 g/mol. The lowest BCUT2D eigenvalue weighted by atomic mass is 9.85. The molecule has 0 radical (unpaired) electrons. The Morgan fingerprint density at radius 1 is 1.12 bits per heavy atom. The van der Waals surface area contributed by atoms with Crippen LogP contribution in [0, 0.1) is 6.92 Å². The van der Waals surface area contributed by atoms with Crippen LogP contribution in [0.1, 0.15) is 29.2 Å². The van der Waals surface area contributed by atoms with Crippen LogP contribution in [-0.2, 0) is 4.79 Å². The maximum Gasteiger partial charge on any atom is 0.226 e. The minimum absolute atomic E-state index is 0.0134. The molecule has 0 saturated carbocycles. The predicted octanol–water partition coefficient (Wildman–Crippen LogP) is 3.66. The molecule has 2 heterocycles. The topological polar surface area (TPSA) is 56.1 Å². The lowest BCUT2D eigenvalue weighted by Gasteiger charge is -2.25. The molecule has 126 valence electrons. The SMILES string of the molecule is COc1ccccc1[C@H]1CC(=O)Nc2c1c(C)nn2-c1ccccc1. The van der Waals surface area contributed by atoms with E-state index in [1.807, 2.05) is 66.2 Å². The molecular weight excluding hydrogens is 314 g/mol. The molecule has 0 spiro atoms. The van der Waals surface area contributed by atoms with E-state index in [4.69, 9.17) is 4.74 Å². The quantitative estimate of drug-likeness (QED) is 0.796. The van der Waals surface area contributed by atoms with Crippen molar-refractivity contribution >= 4 is 11.7 Å². The van der Waals surface area contributed by atoms with E-state index in [2.05, 4.69) is 10.4 Å². The lowest BCUT2D eigenvalue weighted by Crippen LogP contribution is -2.25. The number of amides is 1.